The summed E-state index contributed by atoms with van der Waals surface area (Å²) < 4.78 is 0. The number of rotatable bonds is 4. The van der Waals surface area contributed by atoms with Crippen LogP contribution in [0.15, 0.2) is 0 Å². The second-order valence-corrected chi connectivity index (χ2v) is 2.18. The molecular formula is C7H8N2O4. The van der Waals surface area contributed by atoms with Crippen LogP contribution in [-0.2, 0) is 14.4 Å². The first-order valence-electron chi connectivity index (χ1n) is 3.25. The molecule has 1 unspecified atom stereocenters. The predicted molar refractivity (Wildman–Crippen MR) is 42.2 cm³/mol. The van der Waals surface area contributed by atoms with Gasteiger partial charge in [0.1, 0.15) is 6.04 Å². The van der Waals surface area contributed by atoms with Crippen LogP contribution in [0.25, 0.3) is 0 Å². The summed E-state index contributed by atoms with van der Waals surface area (Å²) in [4.78, 5) is 31.3. The van der Waals surface area contributed by atoms with Crippen LogP contribution < -0.4 is 11.1 Å². The van der Waals surface area contributed by atoms with Crippen LogP contribution in [0, 0.1) is 12.3 Å². The Balaban J connectivity index is 4.28. The molecule has 4 N–H and O–H groups in total. The molecule has 0 aliphatic heterocycles. The smallest absolute Gasteiger partial charge is 0.326 e. The van der Waals surface area contributed by atoms with Crippen LogP contribution in [-0.4, -0.2) is 28.9 Å². The number of carbonyl (C=O) groups is 3. The van der Waals surface area contributed by atoms with Crippen molar-refractivity contribution in [2.75, 3.05) is 0 Å². The van der Waals surface area contributed by atoms with Crippen LogP contribution in [0.3, 0.4) is 0 Å². The number of carboxylic acids is 1. The number of hydrogen-bond acceptors (Lipinski definition) is 3. The Morgan fingerprint density at radius 1 is 1.54 bits per heavy atom. The van der Waals surface area contributed by atoms with Crippen LogP contribution >= 0.6 is 0 Å². The lowest BCUT2D eigenvalue weighted by Crippen LogP contribution is -2.42. The lowest BCUT2D eigenvalue weighted by atomic mass is 10.2. The largest absolute Gasteiger partial charge is 0.480 e. The molecule has 0 rings (SSSR count). The van der Waals surface area contributed by atoms with Gasteiger partial charge in [0.2, 0.25) is 5.91 Å². The minimum absolute atomic E-state index is 0.483. The Morgan fingerprint density at radius 2 is 2.08 bits per heavy atom. The van der Waals surface area contributed by atoms with Gasteiger partial charge in [-0.2, -0.15) is 0 Å². The number of hydrogen-bond donors (Lipinski definition) is 3. The highest BCUT2D eigenvalue weighted by molar-refractivity contribution is 5.96. The quantitative estimate of drug-likeness (QED) is 0.441. The fraction of sp³-hybridized carbons (Fsp3) is 0.286. The summed E-state index contributed by atoms with van der Waals surface area (Å²) in [5.74, 6) is -1.42. The number of terminal acetylenes is 1. The summed E-state index contributed by atoms with van der Waals surface area (Å²) in [5.41, 5.74) is 4.74. The summed E-state index contributed by atoms with van der Waals surface area (Å²) in [6.07, 6.45) is 4.20. The second-order valence-electron chi connectivity index (χ2n) is 2.18. The van der Waals surface area contributed by atoms with E-state index >= 15 is 0 Å². The lowest BCUT2D eigenvalue weighted by molar-refractivity contribution is -0.142. The Hall–Kier alpha value is -2.03. The van der Waals surface area contributed by atoms with Gasteiger partial charge in [0.25, 0.3) is 5.91 Å². The average Bonchev–Trinajstić information content (AvgIpc) is 2.02. The highest BCUT2D eigenvalue weighted by Gasteiger charge is 2.20. The van der Waals surface area contributed by atoms with Gasteiger partial charge in [0, 0.05) is 0 Å². The van der Waals surface area contributed by atoms with Crippen molar-refractivity contribution in [3.63, 3.8) is 0 Å². The molecule has 0 saturated heterocycles. The normalized spacial score (nSPS) is 11.0. The molecule has 0 fully saturated rings. The molecule has 13 heavy (non-hydrogen) atoms. The van der Waals surface area contributed by atoms with E-state index in [-0.39, 0.29) is 0 Å². The zero-order valence-corrected chi connectivity index (χ0v) is 6.61. The second kappa shape index (κ2) is 4.77. The molecule has 0 saturated carbocycles. The Labute approximate surface area is 74.1 Å². The van der Waals surface area contributed by atoms with Crippen LogP contribution in [0.1, 0.15) is 6.42 Å². The van der Waals surface area contributed by atoms with E-state index in [2.05, 4.69) is 6.42 Å². The third-order valence-electron chi connectivity index (χ3n) is 1.14. The molecule has 70 valence electrons. The third kappa shape index (κ3) is 4.42. The first-order valence-corrected chi connectivity index (χ1v) is 3.25. The van der Waals surface area contributed by atoms with E-state index in [1.807, 2.05) is 5.32 Å². The van der Waals surface area contributed by atoms with Gasteiger partial charge < -0.3 is 16.2 Å². The van der Waals surface area contributed by atoms with Crippen LogP contribution in [0.4, 0.5) is 0 Å². The van der Waals surface area contributed by atoms with E-state index in [9.17, 15) is 14.4 Å². The summed E-state index contributed by atoms with van der Waals surface area (Å²) in [6.45, 7) is 0. The number of aliphatic carboxylic acids is 1. The molecule has 0 aromatic rings. The Kier molecular flexibility index (Phi) is 4.02. The first-order chi connectivity index (χ1) is 5.97. The molecule has 6 heteroatoms. The summed E-state index contributed by atoms with van der Waals surface area (Å²) in [7, 11) is 0. The van der Waals surface area contributed by atoms with Crippen LogP contribution in [0.2, 0.25) is 0 Å². The third-order valence-corrected chi connectivity index (χ3v) is 1.14. The minimum Gasteiger partial charge on any atom is -0.480 e. The Bertz CT molecular complexity index is 279. The van der Waals surface area contributed by atoms with Gasteiger partial charge in [0.15, 0.2) is 0 Å². The molecule has 0 radical (unpaired) electrons. The van der Waals surface area contributed by atoms with E-state index in [0.29, 0.717) is 0 Å². The lowest BCUT2D eigenvalue weighted by Gasteiger charge is -2.09. The number of carbonyl (C=O) groups excluding carboxylic acids is 2. The molecule has 0 spiro atoms. The van der Waals surface area contributed by atoms with Gasteiger partial charge in [-0.05, 0) is 5.92 Å². The van der Waals surface area contributed by atoms with Gasteiger partial charge in [-0.15, -0.1) is 6.42 Å². The van der Waals surface area contributed by atoms with Crippen molar-refractivity contribution in [2.45, 2.75) is 12.5 Å². The monoisotopic (exact) mass is 184 g/mol. The zero-order chi connectivity index (χ0) is 10.4. The van der Waals surface area contributed by atoms with Crippen molar-refractivity contribution in [2.24, 2.45) is 5.73 Å². The highest BCUT2D eigenvalue weighted by Crippen LogP contribution is 1.90. The van der Waals surface area contributed by atoms with E-state index in [4.69, 9.17) is 10.8 Å². The van der Waals surface area contributed by atoms with E-state index in [0.717, 1.165) is 0 Å². The number of carboxylic acid groups (broad SMARTS) is 1. The minimum atomic E-state index is -1.36. The summed E-state index contributed by atoms with van der Waals surface area (Å²) in [6, 6.07) is -1.36. The first kappa shape index (κ1) is 11.0. The topological polar surface area (TPSA) is 109 Å². The predicted octanol–water partition coefficient (Wildman–Crippen LogP) is -1.94. The summed E-state index contributed by atoms with van der Waals surface area (Å²) >= 11 is 0. The molecule has 0 heterocycles. The summed E-state index contributed by atoms with van der Waals surface area (Å²) in [5, 5.41) is 10.4. The van der Waals surface area contributed by atoms with Gasteiger partial charge >= 0.3 is 5.97 Å². The number of nitrogens with one attached hydrogen (secondary N) is 1. The van der Waals surface area contributed by atoms with Crippen molar-refractivity contribution in [1.29, 1.82) is 0 Å². The highest BCUT2D eigenvalue weighted by atomic mass is 16.4. The average molecular weight is 184 g/mol. The molecule has 6 nitrogen and oxygen atoms in total. The molecule has 1 atom stereocenters. The van der Waals surface area contributed by atoms with Gasteiger partial charge in [-0.3, -0.25) is 9.59 Å². The molecule has 0 aromatic heterocycles. The van der Waals surface area contributed by atoms with Crippen molar-refractivity contribution < 1.29 is 19.5 Å². The standard InChI is InChI=1S/C7H8N2O4/c1-2-6(11)9-4(7(12)13)3-5(8)10/h1,4H,3H2,(H2,8,10)(H,9,11)(H,12,13). The van der Waals surface area contributed by atoms with Crippen molar-refractivity contribution >= 4 is 17.8 Å². The van der Waals surface area contributed by atoms with E-state index in [1.54, 1.807) is 5.92 Å². The fourth-order valence-electron chi connectivity index (χ4n) is 0.601. The van der Waals surface area contributed by atoms with Crippen LogP contribution in [0.5, 0.6) is 0 Å². The van der Waals surface area contributed by atoms with E-state index in [1.165, 1.54) is 0 Å². The number of nitrogens with two attached hydrogens (primary N) is 1. The molecule has 0 aromatic carbocycles. The maximum Gasteiger partial charge on any atom is 0.326 e. The molecule has 2 amide bonds. The fourth-order valence-corrected chi connectivity index (χ4v) is 0.601. The molecule has 0 aliphatic carbocycles. The van der Waals surface area contributed by atoms with Crippen molar-refractivity contribution in [3.8, 4) is 12.3 Å². The maximum absolute atomic E-state index is 10.5. The van der Waals surface area contributed by atoms with Gasteiger partial charge in [-0.25, -0.2) is 4.79 Å². The van der Waals surface area contributed by atoms with Crippen molar-refractivity contribution in [1.82, 2.24) is 5.32 Å². The molecule has 0 aliphatic rings. The Morgan fingerprint density at radius 3 is 2.38 bits per heavy atom. The van der Waals surface area contributed by atoms with Crippen molar-refractivity contribution in [3.05, 3.63) is 0 Å². The maximum atomic E-state index is 10.5. The van der Waals surface area contributed by atoms with Gasteiger partial charge in [-0.1, -0.05) is 0 Å². The SMILES string of the molecule is C#CC(=O)NC(CC(N)=O)C(=O)O. The van der Waals surface area contributed by atoms with E-state index < -0.39 is 30.2 Å². The zero-order valence-electron chi connectivity index (χ0n) is 6.61. The van der Waals surface area contributed by atoms with Gasteiger partial charge in [0.05, 0.1) is 6.42 Å². The number of primary amides is 1. The molecular weight excluding hydrogens is 176 g/mol. The molecule has 0 bridgehead atoms. The number of amides is 2.